The molecule has 0 saturated carbocycles. The largest absolute Gasteiger partial charge is 0.474 e. The highest BCUT2D eigenvalue weighted by Gasteiger charge is 2.58. The van der Waals surface area contributed by atoms with Crippen LogP contribution in [0.25, 0.3) is 5.76 Å². The molecule has 3 aromatic carbocycles. The van der Waals surface area contributed by atoms with E-state index in [2.05, 4.69) is 26.9 Å². The van der Waals surface area contributed by atoms with Crippen LogP contribution < -0.4 is 4.90 Å². The van der Waals surface area contributed by atoms with Gasteiger partial charge in [0.25, 0.3) is 0 Å². The van der Waals surface area contributed by atoms with Gasteiger partial charge in [0.05, 0.1) is 17.8 Å². The highest BCUT2D eigenvalue weighted by molar-refractivity contribution is 9.10. The van der Waals surface area contributed by atoms with Gasteiger partial charge in [-0.25, -0.2) is 0 Å². The molecule has 2 aliphatic heterocycles. The van der Waals surface area contributed by atoms with Gasteiger partial charge in [-0.3, -0.25) is 4.79 Å². The van der Waals surface area contributed by atoms with Crippen LogP contribution in [0.1, 0.15) is 21.5 Å². The second-order valence-corrected chi connectivity index (χ2v) is 8.04. The Morgan fingerprint density at radius 2 is 1.64 bits per heavy atom. The number of fused-ring (bicyclic) bond motifs is 2. The number of anilines is 1. The van der Waals surface area contributed by atoms with Gasteiger partial charge in [0, 0.05) is 28.2 Å². The summed E-state index contributed by atoms with van der Waals surface area (Å²) in [5.41, 5.74) is 3.70. The van der Waals surface area contributed by atoms with E-state index in [9.17, 15) is 4.79 Å². The first-order valence-corrected chi connectivity index (χ1v) is 10.0. The van der Waals surface area contributed by atoms with Crippen LogP contribution in [0.5, 0.6) is 0 Å². The van der Waals surface area contributed by atoms with E-state index in [-0.39, 0.29) is 5.78 Å². The van der Waals surface area contributed by atoms with Crippen molar-refractivity contribution in [2.24, 2.45) is 0 Å². The Bertz CT molecular complexity index is 1110. The summed E-state index contributed by atoms with van der Waals surface area (Å²) in [4.78, 5) is 15.8. The van der Waals surface area contributed by atoms with Crippen LogP contribution in [0.15, 0.2) is 88.9 Å². The minimum atomic E-state index is -0.744. The Balaban J connectivity index is 1.73. The van der Waals surface area contributed by atoms with Crippen molar-refractivity contribution in [3.8, 4) is 0 Å². The van der Waals surface area contributed by atoms with Crippen LogP contribution in [0.4, 0.5) is 5.69 Å². The van der Waals surface area contributed by atoms with Gasteiger partial charge in [-0.05, 0) is 22.0 Å². The third-order valence-corrected chi connectivity index (χ3v) is 6.11. The third kappa shape index (κ3) is 2.38. The van der Waals surface area contributed by atoms with Gasteiger partial charge in [-0.1, -0.05) is 72.8 Å². The molecule has 0 unspecified atom stereocenters. The molecule has 4 heteroatoms. The summed E-state index contributed by atoms with van der Waals surface area (Å²) >= 11 is 3.66. The zero-order valence-electron chi connectivity index (χ0n) is 15.4. The van der Waals surface area contributed by atoms with E-state index in [0.29, 0.717) is 17.9 Å². The molecule has 1 atom stereocenters. The molecule has 138 valence electrons. The summed E-state index contributed by atoms with van der Waals surface area (Å²) in [6.45, 7) is 0.606. The van der Waals surface area contributed by atoms with E-state index < -0.39 is 5.60 Å². The number of rotatable bonds is 3. The Labute approximate surface area is 172 Å². The van der Waals surface area contributed by atoms with Crippen molar-refractivity contribution < 1.29 is 9.53 Å². The fraction of sp³-hybridized carbons (Fsp3) is 0.125. The molecular weight excluding hydrogens is 414 g/mol. The maximum absolute atomic E-state index is 13.6. The molecule has 28 heavy (non-hydrogen) atoms. The van der Waals surface area contributed by atoms with Gasteiger partial charge in [-0.2, -0.15) is 0 Å². The number of benzene rings is 3. The molecule has 0 fully saturated rings. The number of likely N-dealkylation sites (N-methyl/N-ethyl adjacent to an activating group) is 1. The van der Waals surface area contributed by atoms with Crippen LogP contribution in [0.2, 0.25) is 0 Å². The summed E-state index contributed by atoms with van der Waals surface area (Å²) in [7, 11) is 2.03. The molecule has 0 N–H and O–H groups in total. The van der Waals surface area contributed by atoms with E-state index in [1.807, 2.05) is 79.8 Å². The number of ether oxygens (including phenoxy) is 1. The smallest absolute Gasteiger partial charge is 0.197 e. The predicted molar refractivity (Wildman–Crippen MR) is 114 cm³/mol. The first-order valence-electron chi connectivity index (χ1n) is 9.21. The van der Waals surface area contributed by atoms with E-state index in [0.717, 1.165) is 26.9 Å². The molecule has 0 saturated heterocycles. The normalized spacial score (nSPS) is 20.0. The molecule has 3 nitrogen and oxygen atoms in total. The Hall–Kier alpha value is -2.85. The molecule has 0 radical (unpaired) electrons. The number of hydrogen-bond acceptors (Lipinski definition) is 3. The van der Waals surface area contributed by atoms with Crippen LogP contribution >= 0.6 is 15.9 Å². The van der Waals surface area contributed by atoms with Crippen LogP contribution in [-0.2, 0) is 10.3 Å². The number of carbonyl (C=O) groups excluding carboxylic acids is 1. The number of Topliss-reactive ketones (excluding diaryl/α,β-unsaturated/α-hetero) is 1. The van der Waals surface area contributed by atoms with E-state index in [4.69, 9.17) is 4.74 Å². The lowest BCUT2D eigenvalue weighted by atomic mass is 9.77. The average molecular weight is 432 g/mol. The maximum Gasteiger partial charge on any atom is 0.197 e. The lowest BCUT2D eigenvalue weighted by Crippen LogP contribution is -2.46. The Kier molecular flexibility index (Phi) is 3.91. The molecule has 0 bridgehead atoms. The molecule has 0 amide bonds. The van der Waals surface area contributed by atoms with Gasteiger partial charge in [0.15, 0.2) is 11.4 Å². The summed E-state index contributed by atoms with van der Waals surface area (Å²) in [6, 6.07) is 25.4. The quantitative estimate of drug-likeness (QED) is 0.518. The van der Waals surface area contributed by atoms with Crippen molar-refractivity contribution >= 4 is 33.2 Å². The minimum Gasteiger partial charge on any atom is -0.474 e. The number of ketones is 1. The van der Waals surface area contributed by atoms with Crippen molar-refractivity contribution in [2.45, 2.75) is 5.60 Å². The molecule has 5 rings (SSSR count). The van der Waals surface area contributed by atoms with Crippen LogP contribution in [0.3, 0.4) is 0 Å². The summed E-state index contributed by atoms with van der Waals surface area (Å²) < 4.78 is 7.48. The van der Waals surface area contributed by atoms with Gasteiger partial charge in [-0.15, -0.1) is 0 Å². The van der Waals surface area contributed by atoms with Gasteiger partial charge in [0.2, 0.25) is 0 Å². The van der Waals surface area contributed by atoms with E-state index in [1.54, 1.807) is 0 Å². The fourth-order valence-corrected chi connectivity index (χ4v) is 4.92. The highest BCUT2D eigenvalue weighted by atomic mass is 79.9. The number of nitrogens with zero attached hydrogens (tertiary/aromatic N) is 1. The fourth-order valence-electron chi connectivity index (χ4n) is 4.25. The number of para-hydroxylation sites is 1. The molecule has 2 aliphatic rings. The molecule has 0 aliphatic carbocycles. The zero-order chi connectivity index (χ0) is 19.3. The van der Waals surface area contributed by atoms with E-state index in [1.165, 1.54) is 0 Å². The molecule has 2 heterocycles. The first kappa shape index (κ1) is 17.3. The second-order valence-electron chi connectivity index (χ2n) is 7.19. The molecule has 0 aromatic heterocycles. The summed E-state index contributed by atoms with van der Waals surface area (Å²) in [6.07, 6.45) is 0. The van der Waals surface area contributed by atoms with Gasteiger partial charge in [0.1, 0.15) is 5.76 Å². The summed E-state index contributed by atoms with van der Waals surface area (Å²) in [5, 5.41) is 0. The Morgan fingerprint density at radius 1 is 0.964 bits per heavy atom. The number of carbonyl (C=O) groups is 1. The van der Waals surface area contributed by atoms with Crippen molar-refractivity contribution in [3.05, 3.63) is 106 Å². The monoisotopic (exact) mass is 431 g/mol. The van der Waals surface area contributed by atoms with Crippen molar-refractivity contribution in [1.82, 2.24) is 0 Å². The van der Waals surface area contributed by atoms with Crippen LogP contribution in [0, 0.1) is 0 Å². The van der Waals surface area contributed by atoms with Crippen molar-refractivity contribution in [3.63, 3.8) is 0 Å². The van der Waals surface area contributed by atoms with Crippen molar-refractivity contribution in [2.75, 3.05) is 18.5 Å². The van der Waals surface area contributed by atoms with E-state index >= 15 is 0 Å². The minimum absolute atomic E-state index is 0.0203. The number of hydrogen-bond donors (Lipinski definition) is 0. The third-order valence-electron chi connectivity index (χ3n) is 5.47. The summed E-state index contributed by atoms with van der Waals surface area (Å²) in [5.74, 6) is 0.697. The maximum atomic E-state index is 13.6. The lowest BCUT2D eigenvalue weighted by molar-refractivity contribution is 0.0379. The average Bonchev–Trinajstić information content (AvgIpc) is 3.03. The molecular formula is C24H18BrNO2. The standard InChI is InChI=1S/C24H18BrNO2/c1-26-15-24(18-13-8-14-19(25)21(18)26)20(22(27)16-9-4-2-5-10-16)23(28-24)17-11-6-3-7-12-17/h2-14H,15H2,1H3/t24-/m1/s1. The number of halogens is 1. The SMILES string of the molecule is CN1C[C@@]2(OC(c3ccccc3)=C2C(=O)c2ccccc2)c2cccc(Br)c21. The van der Waals surface area contributed by atoms with Crippen molar-refractivity contribution in [1.29, 1.82) is 0 Å². The highest BCUT2D eigenvalue weighted by Crippen LogP contribution is 2.57. The van der Waals surface area contributed by atoms with Gasteiger partial charge < -0.3 is 9.64 Å². The van der Waals surface area contributed by atoms with Crippen LogP contribution in [-0.4, -0.2) is 19.4 Å². The van der Waals surface area contributed by atoms with Gasteiger partial charge >= 0.3 is 0 Å². The first-order chi connectivity index (χ1) is 13.6. The predicted octanol–water partition coefficient (Wildman–Crippen LogP) is 5.42. The Morgan fingerprint density at radius 3 is 2.36 bits per heavy atom. The lowest BCUT2D eigenvalue weighted by Gasteiger charge is -2.43. The topological polar surface area (TPSA) is 29.5 Å². The second kappa shape index (κ2) is 6.35. The zero-order valence-corrected chi connectivity index (χ0v) is 16.9. The molecule has 1 spiro atoms. The molecule has 3 aromatic rings.